The van der Waals surface area contributed by atoms with Crippen LogP contribution in [-0.4, -0.2) is 75.4 Å². The number of benzene rings is 1. The molecule has 1 aromatic carbocycles. The molecule has 1 atom stereocenters. The lowest BCUT2D eigenvalue weighted by Crippen LogP contribution is -2.57. The van der Waals surface area contributed by atoms with Gasteiger partial charge in [0.25, 0.3) is 5.91 Å². The molecule has 0 spiro atoms. The summed E-state index contributed by atoms with van der Waals surface area (Å²) in [6.45, 7) is 3.14. The van der Waals surface area contributed by atoms with Gasteiger partial charge in [0.15, 0.2) is 5.69 Å². The van der Waals surface area contributed by atoms with Gasteiger partial charge in [-0.2, -0.15) is 9.90 Å². The normalized spacial score (nSPS) is 20.3. The Kier molecular flexibility index (Phi) is 6.08. The number of carbonyl (C=O) groups is 2. The van der Waals surface area contributed by atoms with Gasteiger partial charge in [-0.1, -0.05) is 18.2 Å². The molecule has 0 radical (unpaired) electrons. The maximum atomic E-state index is 12.8. The Morgan fingerprint density at radius 2 is 2.00 bits per heavy atom. The minimum atomic E-state index is -0.125. The Bertz CT molecular complexity index is 796. The maximum absolute atomic E-state index is 12.8. The molecule has 1 N–H and O–H groups in total. The van der Waals surface area contributed by atoms with Gasteiger partial charge < -0.3 is 15.1 Å². The summed E-state index contributed by atoms with van der Waals surface area (Å²) in [6.07, 6.45) is 3.33. The van der Waals surface area contributed by atoms with Crippen LogP contribution in [0.3, 0.4) is 0 Å². The SMILES string of the molecule is Cl.O=C(c1cnn(-c2ccccc2)n1)N1CCCC(N2CCNCC2=O)C1. The molecule has 144 valence electrons. The predicted octanol–water partition coefficient (Wildman–Crippen LogP) is 0.726. The zero-order valence-electron chi connectivity index (χ0n) is 15.0. The first-order valence-corrected chi connectivity index (χ1v) is 8.99. The molecule has 0 bridgehead atoms. The van der Waals surface area contributed by atoms with Crippen LogP contribution in [0.4, 0.5) is 0 Å². The topological polar surface area (TPSA) is 83.4 Å². The van der Waals surface area contributed by atoms with Crippen LogP contribution in [0.1, 0.15) is 23.3 Å². The molecule has 1 aromatic heterocycles. The first-order chi connectivity index (χ1) is 12.7. The number of amides is 2. The van der Waals surface area contributed by atoms with Crippen molar-refractivity contribution < 1.29 is 9.59 Å². The van der Waals surface area contributed by atoms with E-state index in [2.05, 4.69) is 15.5 Å². The average molecular weight is 391 g/mol. The molecule has 2 aliphatic rings. The summed E-state index contributed by atoms with van der Waals surface area (Å²) in [5.74, 6) is -0.00923. The van der Waals surface area contributed by atoms with Crippen molar-refractivity contribution in [3.05, 3.63) is 42.2 Å². The summed E-state index contributed by atoms with van der Waals surface area (Å²) in [7, 11) is 0. The van der Waals surface area contributed by atoms with E-state index in [9.17, 15) is 9.59 Å². The lowest BCUT2D eigenvalue weighted by molar-refractivity contribution is -0.135. The van der Waals surface area contributed by atoms with Crippen LogP contribution in [0.25, 0.3) is 5.69 Å². The van der Waals surface area contributed by atoms with Gasteiger partial charge in [0.1, 0.15) is 0 Å². The molecule has 8 nitrogen and oxygen atoms in total. The Labute approximate surface area is 163 Å². The van der Waals surface area contributed by atoms with E-state index in [-0.39, 0.29) is 30.3 Å². The number of nitrogens with zero attached hydrogens (tertiary/aromatic N) is 5. The summed E-state index contributed by atoms with van der Waals surface area (Å²) in [6, 6.07) is 9.60. The van der Waals surface area contributed by atoms with Crippen molar-refractivity contribution in [2.24, 2.45) is 0 Å². The van der Waals surface area contributed by atoms with Gasteiger partial charge in [-0.25, -0.2) is 0 Å². The molecule has 2 aliphatic heterocycles. The van der Waals surface area contributed by atoms with Gasteiger partial charge >= 0.3 is 0 Å². The van der Waals surface area contributed by atoms with Crippen LogP contribution in [0.15, 0.2) is 36.5 Å². The van der Waals surface area contributed by atoms with Crippen LogP contribution >= 0.6 is 12.4 Å². The molecule has 2 aromatic rings. The standard InChI is InChI=1S/C18H22N6O2.ClH/c25-17-12-19-8-10-23(17)15-7-4-9-22(13-15)18(26)16-11-20-24(21-16)14-5-2-1-3-6-14;/h1-3,5-6,11,15,19H,4,7-10,12-13H2;1H. The van der Waals surface area contributed by atoms with E-state index in [0.29, 0.717) is 31.9 Å². The number of halogens is 1. The highest BCUT2D eigenvalue weighted by Crippen LogP contribution is 2.18. The third-order valence-corrected chi connectivity index (χ3v) is 4.95. The molecule has 9 heteroatoms. The number of rotatable bonds is 3. The molecule has 0 aliphatic carbocycles. The number of para-hydroxylation sites is 1. The average Bonchev–Trinajstić information content (AvgIpc) is 3.19. The zero-order chi connectivity index (χ0) is 17.9. The number of nitrogens with one attached hydrogen (secondary N) is 1. The van der Waals surface area contributed by atoms with Crippen molar-refractivity contribution in [2.75, 3.05) is 32.7 Å². The fourth-order valence-electron chi connectivity index (χ4n) is 3.61. The van der Waals surface area contributed by atoms with Crippen molar-refractivity contribution in [3.8, 4) is 5.69 Å². The van der Waals surface area contributed by atoms with Gasteiger partial charge in [-0.05, 0) is 25.0 Å². The monoisotopic (exact) mass is 390 g/mol. The Hall–Kier alpha value is -2.45. The summed E-state index contributed by atoms with van der Waals surface area (Å²) >= 11 is 0. The maximum Gasteiger partial charge on any atom is 0.276 e. The second-order valence-corrected chi connectivity index (χ2v) is 6.67. The lowest BCUT2D eigenvalue weighted by Gasteiger charge is -2.40. The van der Waals surface area contributed by atoms with Crippen LogP contribution in [0, 0.1) is 0 Å². The smallest absolute Gasteiger partial charge is 0.276 e. The third kappa shape index (κ3) is 4.12. The summed E-state index contributed by atoms with van der Waals surface area (Å²) in [5.41, 5.74) is 1.15. The highest BCUT2D eigenvalue weighted by Gasteiger charge is 2.32. The zero-order valence-corrected chi connectivity index (χ0v) is 15.8. The van der Waals surface area contributed by atoms with Crippen molar-refractivity contribution >= 4 is 24.2 Å². The van der Waals surface area contributed by atoms with Gasteiger partial charge in [-0.15, -0.1) is 17.5 Å². The minimum absolute atomic E-state index is 0. The highest BCUT2D eigenvalue weighted by atomic mass is 35.5. The largest absolute Gasteiger partial charge is 0.336 e. The van der Waals surface area contributed by atoms with E-state index in [1.165, 1.54) is 11.0 Å². The number of hydrogen-bond acceptors (Lipinski definition) is 5. The van der Waals surface area contributed by atoms with Crippen molar-refractivity contribution in [1.29, 1.82) is 0 Å². The lowest BCUT2D eigenvalue weighted by atomic mass is 10.0. The summed E-state index contributed by atoms with van der Waals surface area (Å²) in [4.78, 5) is 30.2. The number of carbonyl (C=O) groups excluding carboxylic acids is 2. The number of piperazine rings is 1. The van der Waals surface area contributed by atoms with Crippen molar-refractivity contribution in [2.45, 2.75) is 18.9 Å². The number of likely N-dealkylation sites (tertiary alicyclic amines) is 1. The van der Waals surface area contributed by atoms with Crippen molar-refractivity contribution in [3.63, 3.8) is 0 Å². The number of hydrogen-bond donors (Lipinski definition) is 1. The van der Waals surface area contributed by atoms with Crippen LogP contribution in [0.2, 0.25) is 0 Å². The Balaban J connectivity index is 0.00000210. The molecular formula is C18H23ClN6O2. The second kappa shape index (κ2) is 8.49. The fraction of sp³-hybridized carbons (Fsp3) is 0.444. The molecule has 2 fully saturated rings. The summed E-state index contributed by atoms with van der Waals surface area (Å²) < 4.78 is 0. The van der Waals surface area contributed by atoms with E-state index in [1.807, 2.05) is 35.2 Å². The van der Waals surface area contributed by atoms with Gasteiger partial charge in [0, 0.05) is 32.2 Å². The minimum Gasteiger partial charge on any atom is -0.336 e. The Morgan fingerprint density at radius 3 is 2.78 bits per heavy atom. The quantitative estimate of drug-likeness (QED) is 0.835. The first-order valence-electron chi connectivity index (χ1n) is 8.99. The number of piperidine rings is 1. The van der Waals surface area contributed by atoms with Gasteiger partial charge in [-0.3, -0.25) is 9.59 Å². The fourth-order valence-corrected chi connectivity index (χ4v) is 3.61. The molecule has 2 amide bonds. The van der Waals surface area contributed by atoms with E-state index in [1.54, 1.807) is 4.90 Å². The van der Waals surface area contributed by atoms with E-state index >= 15 is 0 Å². The molecular weight excluding hydrogens is 368 g/mol. The van der Waals surface area contributed by atoms with E-state index < -0.39 is 0 Å². The number of aromatic nitrogens is 3. The van der Waals surface area contributed by atoms with E-state index in [4.69, 9.17) is 0 Å². The first kappa shape index (κ1) is 19.3. The molecule has 2 saturated heterocycles. The van der Waals surface area contributed by atoms with Crippen molar-refractivity contribution in [1.82, 2.24) is 30.1 Å². The third-order valence-electron chi connectivity index (χ3n) is 4.95. The molecule has 1 unspecified atom stereocenters. The summed E-state index contributed by atoms with van der Waals surface area (Å²) in [5, 5.41) is 11.6. The molecule has 4 rings (SSSR count). The highest BCUT2D eigenvalue weighted by molar-refractivity contribution is 5.92. The van der Waals surface area contributed by atoms with Gasteiger partial charge in [0.2, 0.25) is 5.91 Å². The van der Waals surface area contributed by atoms with Crippen LogP contribution in [0.5, 0.6) is 0 Å². The Morgan fingerprint density at radius 1 is 1.19 bits per heavy atom. The molecule has 27 heavy (non-hydrogen) atoms. The van der Waals surface area contributed by atoms with E-state index in [0.717, 1.165) is 25.1 Å². The predicted molar refractivity (Wildman–Crippen MR) is 102 cm³/mol. The molecule has 0 saturated carbocycles. The van der Waals surface area contributed by atoms with Crippen LogP contribution in [-0.2, 0) is 4.79 Å². The second-order valence-electron chi connectivity index (χ2n) is 6.67. The molecule has 3 heterocycles. The van der Waals surface area contributed by atoms with Crippen LogP contribution < -0.4 is 5.32 Å². The van der Waals surface area contributed by atoms with Gasteiger partial charge in [0.05, 0.1) is 18.4 Å².